The van der Waals surface area contributed by atoms with E-state index in [0.29, 0.717) is 23.5 Å². The Balaban J connectivity index is 1.74. The molecule has 0 spiro atoms. The van der Waals surface area contributed by atoms with Crippen molar-refractivity contribution >= 4 is 38.9 Å². The van der Waals surface area contributed by atoms with E-state index in [1.807, 2.05) is 20.8 Å². The van der Waals surface area contributed by atoms with Crippen molar-refractivity contribution in [2.45, 2.75) is 50.7 Å². The molecule has 9 heteroatoms. The molecule has 1 N–H and O–H groups in total. The molecule has 0 aliphatic heterocycles. The van der Waals surface area contributed by atoms with Crippen LogP contribution in [-0.4, -0.2) is 35.7 Å². The smallest absolute Gasteiger partial charge is 0.184 e. The number of rotatable bonds is 6. The number of aromatic nitrogens is 2. The van der Waals surface area contributed by atoms with Crippen molar-refractivity contribution in [3.63, 3.8) is 0 Å². The zero-order chi connectivity index (χ0) is 21.2. The van der Waals surface area contributed by atoms with Crippen molar-refractivity contribution in [3.05, 3.63) is 45.6 Å². The number of carbonyl (C=O) groups excluding carboxylic acids is 1. The molecule has 0 saturated carbocycles. The summed E-state index contributed by atoms with van der Waals surface area (Å²) in [6, 6.07) is 6.08. The molecule has 0 saturated heterocycles. The monoisotopic (exact) mass is 433 g/mol. The highest BCUT2D eigenvalue weighted by Crippen LogP contribution is 2.35. The lowest BCUT2D eigenvalue weighted by atomic mass is 9.77. The van der Waals surface area contributed by atoms with Crippen LogP contribution < -0.4 is 0 Å². The third kappa shape index (κ3) is 5.16. The van der Waals surface area contributed by atoms with E-state index in [4.69, 9.17) is 0 Å². The Morgan fingerprint density at radius 1 is 1.17 bits per heavy atom. The van der Waals surface area contributed by atoms with Gasteiger partial charge in [0.25, 0.3) is 0 Å². The summed E-state index contributed by atoms with van der Waals surface area (Å²) in [4.78, 5) is 16.6. The molecule has 7 nitrogen and oxygen atoms in total. The lowest BCUT2D eigenvalue weighted by Gasteiger charge is -2.28. The normalized spacial score (nSPS) is 17.3. The van der Waals surface area contributed by atoms with E-state index in [2.05, 4.69) is 15.2 Å². The molecular formula is C20H23N3O4S2. The quantitative estimate of drug-likeness (QED) is 0.690. The number of sulfone groups is 1. The average molecular weight is 434 g/mol. The third-order valence-corrected chi connectivity index (χ3v) is 7.45. The largest absolute Gasteiger partial charge is 0.511 e. The van der Waals surface area contributed by atoms with Gasteiger partial charge in [-0.3, -0.25) is 9.79 Å². The summed E-state index contributed by atoms with van der Waals surface area (Å²) >= 11 is 1.30. The van der Waals surface area contributed by atoms with E-state index in [9.17, 15) is 18.3 Å². The molecule has 1 aromatic carbocycles. The number of allylic oxidation sites excluding steroid dienone is 2. The Labute approximate surface area is 174 Å². The maximum absolute atomic E-state index is 12.6. The maximum Gasteiger partial charge on any atom is 0.184 e. The Bertz CT molecular complexity index is 1080. The molecular weight excluding hydrogens is 410 g/mol. The Morgan fingerprint density at radius 2 is 1.83 bits per heavy atom. The first-order valence-corrected chi connectivity index (χ1v) is 11.7. The van der Waals surface area contributed by atoms with Crippen LogP contribution in [0, 0.1) is 5.41 Å². The molecule has 0 fully saturated rings. The van der Waals surface area contributed by atoms with Crippen molar-refractivity contribution in [2.24, 2.45) is 10.4 Å². The molecule has 0 unspecified atom stereocenters. The van der Waals surface area contributed by atoms with Crippen LogP contribution in [0.2, 0.25) is 0 Å². The van der Waals surface area contributed by atoms with Gasteiger partial charge in [0, 0.05) is 19.1 Å². The minimum atomic E-state index is -3.54. The van der Waals surface area contributed by atoms with Crippen LogP contribution in [0.4, 0.5) is 5.69 Å². The second-order valence-corrected chi connectivity index (χ2v) is 10.9. The van der Waals surface area contributed by atoms with Gasteiger partial charge in [-0.05, 0) is 36.1 Å². The predicted molar refractivity (Wildman–Crippen MR) is 112 cm³/mol. The highest BCUT2D eigenvalue weighted by Gasteiger charge is 2.32. The highest BCUT2D eigenvalue weighted by atomic mass is 32.2. The molecule has 1 aliphatic rings. The number of nitrogens with zero attached hydrogens (tertiary/aromatic N) is 3. The van der Waals surface area contributed by atoms with Crippen molar-refractivity contribution in [3.8, 4) is 0 Å². The van der Waals surface area contributed by atoms with Gasteiger partial charge in [0.05, 0.1) is 16.2 Å². The van der Waals surface area contributed by atoms with Gasteiger partial charge >= 0.3 is 0 Å². The van der Waals surface area contributed by atoms with Crippen molar-refractivity contribution in [1.29, 1.82) is 0 Å². The van der Waals surface area contributed by atoms with Crippen molar-refractivity contribution in [1.82, 2.24) is 10.2 Å². The van der Waals surface area contributed by atoms with E-state index < -0.39 is 9.84 Å². The first-order valence-electron chi connectivity index (χ1n) is 9.23. The molecule has 0 amide bonds. The molecule has 29 heavy (non-hydrogen) atoms. The summed E-state index contributed by atoms with van der Waals surface area (Å²) < 4.78 is 25.2. The zero-order valence-electron chi connectivity index (χ0n) is 16.5. The van der Waals surface area contributed by atoms with Crippen LogP contribution >= 0.6 is 11.3 Å². The Morgan fingerprint density at radius 3 is 2.41 bits per heavy atom. The van der Waals surface area contributed by atoms with Gasteiger partial charge in [0.1, 0.15) is 21.5 Å². The van der Waals surface area contributed by atoms with E-state index in [0.717, 1.165) is 11.4 Å². The number of aliphatic imine (C=N–C) groups is 1. The third-order valence-electron chi connectivity index (χ3n) is 4.56. The number of hydrogen-bond acceptors (Lipinski definition) is 8. The van der Waals surface area contributed by atoms with Crippen LogP contribution in [0.15, 0.2) is 45.5 Å². The van der Waals surface area contributed by atoms with E-state index in [1.54, 1.807) is 12.1 Å². The number of carbonyl (C=O) groups is 1. The lowest BCUT2D eigenvalue weighted by Crippen LogP contribution is -2.26. The summed E-state index contributed by atoms with van der Waals surface area (Å²) in [5.74, 6) is -0.305. The Hall–Kier alpha value is -2.39. The molecule has 1 aliphatic carbocycles. The van der Waals surface area contributed by atoms with E-state index in [1.165, 1.54) is 29.7 Å². The number of aliphatic hydroxyl groups is 1. The fourth-order valence-electron chi connectivity index (χ4n) is 3.06. The summed E-state index contributed by atoms with van der Waals surface area (Å²) in [7, 11) is -3.54. The van der Waals surface area contributed by atoms with Gasteiger partial charge < -0.3 is 5.11 Å². The van der Waals surface area contributed by atoms with Crippen molar-refractivity contribution < 1.29 is 18.3 Å². The molecule has 1 aromatic heterocycles. The zero-order valence-corrected chi connectivity index (χ0v) is 18.2. The molecule has 154 valence electrons. The highest BCUT2D eigenvalue weighted by molar-refractivity contribution is 7.90. The summed E-state index contributed by atoms with van der Waals surface area (Å²) in [5.41, 5.74) is 0.439. The predicted octanol–water partition coefficient (Wildman–Crippen LogP) is 3.98. The topological polar surface area (TPSA) is 110 Å². The van der Waals surface area contributed by atoms with Gasteiger partial charge in [-0.1, -0.05) is 20.8 Å². The van der Waals surface area contributed by atoms with Crippen LogP contribution in [0.3, 0.4) is 0 Å². The van der Waals surface area contributed by atoms with E-state index >= 15 is 0 Å². The van der Waals surface area contributed by atoms with Gasteiger partial charge in [0.2, 0.25) is 0 Å². The average Bonchev–Trinajstić information content (AvgIpc) is 3.07. The summed E-state index contributed by atoms with van der Waals surface area (Å²) in [6.45, 7) is 5.80. The minimum absolute atomic E-state index is 0.0395. The fraction of sp³-hybridized carbons (Fsp3) is 0.400. The molecule has 0 bridgehead atoms. The first kappa shape index (κ1) is 21.3. The molecule has 0 atom stereocenters. The standard InChI is InChI=1S/C20H23N3O4S2/c1-4-18-22-23-19(28-18)12-29(26,27)14-7-5-13(6-8-14)21-11-15-16(24)9-20(2,3)10-17(15)25/h5-8,11,24H,4,9-10,12H2,1-3H3. The van der Waals surface area contributed by atoms with Gasteiger partial charge in [-0.15, -0.1) is 21.5 Å². The van der Waals surface area contributed by atoms with Crippen LogP contribution in [0.1, 0.15) is 43.6 Å². The van der Waals surface area contributed by atoms with E-state index in [-0.39, 0.29) is 33.2 Å². The minimum Gasteiger partial charge on any atom is -0.511 e. The molecule has 3 rings (SSSR count). The Kier molecular flexibility index (Phi) is 6.00. The number of ketones is 1. The lowest BCUT2D eigenvalue weighted by molar-refractivity contribution is -0.117. The second-order valence-electron chi connectivity index (χ2n) is 7.76. The second kappa shape index (κ2) is 8.16. The number of Topliss-reactive ketones (excluding diaryl/α,β-unsaturated/α-hetero) is 1. The van der Waals surface area contributed by atoms with Crippen LogP contribution in [0.5, 0.6) is 0 Å². The summed E-state index contributed by atoms with van der Waals surface area (Å²) in [6.07, 6.45) is 2.84. The van der Waals surface area contributed by atoms with Crippen LogP contribution in [-0.2, 0) is 26.8 Å². The molecule has 1 heterocycles. The molecule has 2 aromatic rings. The number of hydrogen-bond donors (Lipinski definition) is 1. The van der Waals surface area contributed by atoms with Gasteiger partial charge in [-0.2, -0.15) is 0 Å². The number of aliphatic hydroxyl groups excluding tert-OH is 1. The SMILES string of the molecule is CCc1nnc(CS(=O)(=O)c2ccc(N=CC3=C(O)CC(C)(C)CC3=O)cc2)s1. The van der Waals surface area contributed by atoms with Gasteiger partial charge in [0.15, 0.2) is 15.6 Å². The maximum atomic E-state index is 12.6. The van der Waals surface area contributed by atoms with Crippen LogP contribution in [0.25, 0.3) is 0 Å². The van der Waals surface area contributed by atoms with Gasteiger partial charge in [-0.25, -0.2) is 8.42 Å². The first-order chi connectivity index (χ1) is 13.6. The number of aryl methyl sites for hydroxylation is 1. The fourth-order valence-corrected chi connectivity index (χ4v) is 5.44. The number of benzene rings is 1. The van der Waals surface area contributed by atoms with Crippen molar-refractivity contribution in [2.75, 3.05) is 0 Å². The molecule has 0 radical (unpaired) electrons. The summed E-state index contributed by atoms with van der Waals surface area (Å²) in [5, 5.41) is 19.3.